The third-order valence-electron chi connectivity index (χ3n) is 4.14. The molecule has 6 heteroatoms. The van der Waals surface area contributed by atoms with Crippen LogP contribution in [0.3, 0.4) is 0 Å². The maximum Gasteiger partial charge on any atom is 0.325 e. The van der Waals surface area contributed by atoms with Crippen molar-refractivity contribution >= 4 is 0 Å². The first-order chi connectivity index (χ1) is 9.15. The third kappa shape index (κ3) is 2.79. The Hall–Kier alpha value is -1.40. The average Bonchev–Trinajstić information content (AvgIpc) is 2.76. The van der Waals surface area contributed by atoms with E-state index in [1.807, 2.05) is 0 Å². The highest BCUT2D eigenvalue weighted by Gasteiger charge is 2.38. The van der Waals surface area contributed by atoms with Crippen LogP contribution < -0.4 is 11.2 Å². The molecule has 0 aromatic carbocycles. The summed E-state index contributed by atoms with van der Waals surface area (Å²) in [4.78, 5) is 29.7. The van der Waals surface area contributed by atoms with Gasteiger partial charge in [0.2, 0.25) is 0 Å². The molecule has 1 unspecified atom stereocenters. The Balaban J connectivity index is 1.72. The number of aromatic nitrogens is 2. The van der Waals surface area contributed by atoms with E-state index in [4.69, 9.17) is 4.74 Å². The van der Waals surface area contributed by atoms with Gasteiger partial charge in [0.25, 0.3) is 5.56 Å². The van der Waals surface area contributed by atoms with E-state index in [9.17, 15) is 9.59 Å². The van der Waals surface area contributed by atoms with Gasteiger partial charge < -0.3 is 9.72 Å². The molecular weight excluding hydrogens is 246 g/mol. The highest BCUT2D eigenvalue weighted by Crippen LogP contribution is 2.37. The summed E-state index contributed by atoms with van der Waals surface area (Å²) in [6.07, 6.45) is 3.49. The second-order valence-electron chi connectivity index (χ2n) is 5.73. The Labute approximate surface area is 110 Å². The zero-order chi connectivity index (χ0) is 13.3. The topological polar surface area (TPSA) is 78.2 Å². The monoisotopic (exact) mass is 265 g/mol. The van der Waals surface area contributed by atoms with Crippen LogP contribution in [-0.4, -0.2) is 41.2 Å². The molecule has 1 aromatic rings. The first-order valence-electron chi connectivity index (χ1n) is 6.78. The molecule has 2 N–H and O–H groups in total. The van der Waals surface area contributed by atoms with Gasteiger partial charge in [0.1, 0.15) is 0 Å². The molecule has 3 rings (SSSR count). The number of nitrogens with zero attached hydrogens (tertiary/aromatic N) is 1. The standard InChI is InChI=1S/C13H19N3O3/c17-11-6-10(14-12(18)15-11)7-16-4-1-2-13(8-16)3-5-19-9-13/h6H,1-5,7-9H2,(H2,14,15,17,18). The molecule has 0 radical (unpaired) electrons. The Morgan fingerprint density at radius 1 is 1.32 bits per heavy atom. The lowest BCUT2D eigenvalue weighted by molar-refractivity contribution is 0.0637. The van der Waals surface area contributed by atoms with Gasteiger partial charge in [-0.15, -0.1) is 0 Å². The molecule has 0 amide bonds. The number of hydrogen-bond acceptors (Lipinski definition) is 4. The van der Waals surface area contributed by atoms with Gasteiger partial charge in [0.05, 0.1) is 6.61 Å². The Kier molecular flexibility index (Phi) is 3.28. The van der Waals surface area contributed by atoms with E-state index in [0.717, 1.165) is 39.1 Å². The molecule has 3 heterocycles. The molecule has 0 saturated carbocycles. The van der Waals surface area contributed by atoms with Gasteiger partial charge >= 0.3 is 5.69 Å². The molecule has 19 heavy (non-hydrogen) atoms. The lowest BCUT2D eigenvalue weighted by Crippen LogP contribution is -2.43. The molecule has 1 aromatic heterocycles. The summed E-state index contributed by atoms with van der Waals surface area (Å²) in [6, 6.07) is 1.47. The molecule has 2 fully saturated rings. The molecule has 0 aliphatic carbocycles. The number of H-pyrrole nitrogens is 2. The lowest BCUT2D eigenvalue weighted by atomic mass is 9.79. The van der Waals surface area contributed by atoms with E-state index in [2.05, 4.69) is 14.9 Å². The van der Waals surface area contributed by atoms with Crippen LogP contribution in [0.25, 0.3) is 0 Å². The summed E-state index contributed by atoms with van der Waals surface area (Å²) < 4.78 is 5.54. The summed E-state index contributed by atoms with van der Waals surface area (Å²) in [5.74, 6) is 0. The van der Waals surface area contributed by atoms with Crippen LogP contribution in [0.1, 0.15) is 25.0 Å². The molecule has 6 nitrogen and oxygen atoms in total. The number of nitrogens with one attached hydrogen (secondary N) is 2. The van der Waals surface area contributed by atoms with Crippen LogP contribution in [0.4, 0.5) is 0 Å². The van der Waals surface area contributed by atoms with Crippen molar-refractivity contribution in [2.24, 2.45) is 5.41 Å². The normalized spacial score (nSPS) is 28.0. The summed E-state index contributed by atoms with van der Waals surface area (Å²) in [5.41, 5.74) is 0.206. The molecule has 1 spiro atoms. The third-order valence-corrected chi connectivity index (χ3v) is 4.14. The van der Waals surface area contributed by atoms with Gasteiger partial charge in [0, 0.05) is 36.9 Å². The highest BCUT2D eigenvalue weighted by atomic mass is 16.5. The van der Waals surface area contributed by atoms with E-state index in [-0.39, 0.29) is 5.56 Å². The van der Waals surface area contributed by atoms with Crippen LogP contribution >= 0.6 is 0 Å². The van der Waals surface area contributed by atoms with E-state index in [1.165, 1.54) is 12.5 Å². The van der Waals surface area contributed by atoms with E-state index < -0.39 is 5.69 Å². The number of ether oxygens (including phenoxy) is 1. The first kappa shape index (κ1) is 12.6. The van der Waals surface area contributed by atoms with Crippen LogP contribution in [-0.2, 0) is 11.3 Å². The van der Waals surface area contributed by atoms with Crippen LogP contribution in [0, 0.1) is 5.41 Å². The number of rotatable bonds is 2. The molecule has 2 saturated heterocycles. The van der Waals surface area contributed by atoms with Gasteiger partial charge in [0.15, 0.2) is 0 Å². The number of hydrogen-bond donors (Lipinski definition) is 2. The zero-order valence-corrected chi connectivity index (χ0v) is 10.9. The zero-order valence-electron chi connectivity index (χ0n) is 10.9. The van der Waals surface area contributed by atoms with Gasteiger partial charge in [-0.25, -0.2) is 4.79 Å². The minimum absolute atomic E-state index is 0.291. The lowest BCUT2D eigenvalue weighted by Gasteiger charge is -2.39. The number of aromatic amines is 2. The van der Waals surface area contributed by atoms with Crippen molar-refractivity contribution in [3.8, 4) is 0 Å². The van der Waals surface area contributed by atoms with Crippen LogP contribution in [0.15, 0.2) is 15.7 Å². The maximum absolute atomic E-state index is 11.3. The predicted molar refractivity (Wildman–Crippen MR) is 70.1 cm³/mol. The summed E-state index contributed by atoms with van der Waals surface area (Å²) >= 11 is 0. The number of likely N-dealkylation sites (tertiary alicyclic amines) is 1. The fourth-order valence-electron chi connectivity index (χ4n) is 3.26. The SMILES string of the molecule is O=c1cc(CN2CCCC3(CCOC3)C2)[nH]c(=O)[nH]1. The second kappa shape index (κ2) is 4.94. The number of piperidine rings is 1. The molecule has 1 atom stereocenters. The summed E-state index contributed by atoms with van der Waals surface area (Å²) in [6.45, 7) is 4.32. The molecule has 2 aliphatic rings. The predicted octanol–water partition coefficient (Wildman–Crippen LogP) is 0.0657. The molecular formula is C13H19N3O3. The van der Waals surface area contributed by atoms with Gasteiger partial charge in [-0.1, -0.05) is 0 Å². The summed E-state index contributed by atoms with van der Waals surface area (Å²) in [7, 11) is 0. The average molecular weight is 265 g/mol. The van der Waals surface area contributed by atoms with Crippen LogP contribution in [0.5, 0.6) is 0 Å². The minimum atomic E-state index is -0.432. The van der Waals surface area contributed by atoms with Crippen molar-refractivity contribution in [2.45, 2.75) is 25.8 Å². The maximum atomic E-state index is 11.3. The molecule has 104 valence electrons. The van der Waals surface area contributed by atoms with E-state index in [0.29, 0.717) is 17.7 Å². The van der Waals surface area contributed by atoms with Gasteiger partial charge in [-0.3, -0.25) is 14.7 Å². The van der Waals surface area contributed by atoms with Crippen molar-refractivity contribution in [3.63, 3.8) is 0 Å². The quantitative estimate of drug-likeness (QED) is 0.793. The van der Waals surface area contributed by atoms with Gasteiger partial charge in [-0.2, -0.15) is 0 Å². The van der Waals surface area contributed by atoms with E-state index >= 15 is 0 Å². The highest BCUT2D eigenvalue weighted by molar-refractivity contribution is 5.00. The fourth-order valence-corrected chi connectivity index (χ4v) is 3.26. The first-order valence-corrected chi connectivity index (χ1v) is 6.78. The fraction of sp³-hybridized carbons (Fsp3) is 0.692. The van der Waals surface area contributed by atoms with Crippen molar-refractivity contribution in [1.29, 1.82) is 0 Å². The Morgan fingerprint density at radius 2 is 2.21 bits per heavy atom. The van der Waals surface area contributed by atoms with Crippen molar-refractivity contribution in [3.05, 3.63) is 32.6 Å². The summed E-state index contributed by atoms with van der Waals surface area (Å²) in [5, 5.41) is 0. The van der Waals surface area contributed by atoms with Gasteiger partial charge in [-0.05, 0) is 25.8 Å². The van der Waals surface area contributed by atoms with E-state index in [1.54, 1.807) is 0 Å². The smallest absolute Gasteiger partial charge is 0.325 e. The van der Waals surface area contributed by atoms with Crippen molar-refractivity contribution in [1.82, 2.24) is 14.9 Å². The van der Waals surface area contributed by atoms with Crippen LogP contribution in [0.2, 0.25) is 0 Å². The Bertz CT molecular complexity index is 528. The van der Waals surface area contributed by atoms with Crippen molar-refractivity contribution in [2.75, 3.05) is 26.3 Å². The molecule has 0 bridgehead atoms. The largest absolute Gasteiger partial charge is 0.381 e. The molecule has 2 aliphatic heterocycles. The van der Waals surface area contributed by atoms with Crippen molar-refractivity contribution < 1.29 is 4.74 Å². The Morgan fingerprint density at radius 3 is 2.95 bits per heavy atom. The minimum Gasteiger partial charge on any atom is -0.381 e. The second-order valence-corrected chi connectivity index (χ2v) is 5.73.